The Labute approximate surface area is 213 Å². The fraction of sp³-hybridized carbons (Fsp3) is 0.481. The van der Waals surface area contributed by atoms with Crippen molar-refractivity contribution < 1.29 is 23.9 Å². The van der Waals surface area contributed by atoms with Crippen LogP contribution in [0.15, 0.2) is 36.9 Å². The number of nitrogens with one attached hydrogen (secondary N) is 2. The van der Waals surface area contributed by atoms with E-state index in [0.29, 0.717) is 17.7 Å². The molecule has 0 fully saturated rings. The summed E-state index contributed by atoms with van der Waals surface area (Å²) in [7, 11) is 0. The van der Waals surface area contributed by atoms with Crippen molar-refractivity contribution in [1.29, 1.82) is 0 Å². The number of carbonyl (C=O) groups excluding carboxylic acids is 4. The summed E-state index contributed by atoms with van der Waals surface area (Å²) < 4.78 is 5.25. The van der Waals surface area contributed by atoms with Crippen molar-refractivity contribution >= 4 is 23.8 Å². The summed E-state index contributed by atoms with van der Waals surface area (Å²) in [5.41, 5.74) is 5.39. The van der Waals surface area contributed by atoms with Gasteiger partial charge >= 0.3 is 6.09 Å². The van der Waals surface area contributed by atoms with E-state index in [0.717, 1.165) is 19.3 Å². The average Bonchev–Trinajstić information content (AvgIpc) is 2.79. The van der Waals surface area contributed by atoms with E-state index in [9.17, 15) is 19.2 Å². The van der Waals surface area contributed by atoms with E-state index in [4.69, 9.17) is 16.9 Å². The van der Waals surface area contributed by atoms with Crippen molar-refractivity contribution in [2.75, 3.05) is 13.1 Å². The van der Waals surface area contributed by atoms with Crippen LogP contribution in [0.4, 0.5) is 4.79 Å². The van der Waals surface area contributed by atoms with Gasteiger partial charge in [-0.25, -0.2) is 4.79 Å². The minimum Gasteiger partial charge on any atom is -0.444 e. The predicted octanol–water partition coefficient (Wildman–Crippen LogP) is 2.80. The zero-order valence-corrected chi connectivity index (χ0v) is 21.6. The van der Waals surface area contributed by atoms with Gasteiger partial charge in [0, 0.05) is 18.7 Å². The highest BCUT2D eigenvalue weighted by molar-refractivity contribution is 5.94. The molecule has 0 aliphatic rings. The molecule has 1 aromatic rings. The standard InChI is InChI=1S/C27H38N4O5/c1-7-10-13-16-29-24(33)23(20-15-12-11-14-19(20)9-3)31(17-8-2)25(34)21(18-22(28)32)30-26(35)36-27(4,5)6/h3,8,11-12,14-15,21,23H,2,7,10,13,16-18H2,1,4-6H3,(H2,28,32)(H,29,33)(H,30,35). The van der Waals surface area contributed by atoms with Crippen molar-refractivity contribution in [3.05, 3.63) is 48.0 Å². The van der Waals surface area contributed by atoms with Gasteiger partial charge in [-0.15, -0.1) is 13.0 Å². The van der Waals surface area contributed by atoms with Crippen LogP contribution >= 0.6 is 0 Å². The van der Waals surface area contributed by atoms with E-state index in [1.165, 1.54) is 11.0 Å². The molecule has 36 heavy (non-hydrogen) atoms. The second-order valence-corrected chi connectivity index (χ2v) is 9.28. The summed E-state index contributed by atoms with van der Waals surface area (Å²) in [6.45, 7) is 11.1. The molecule has 4 amide bonds. The van der Waals surface area contributed by atoms with Gasteiger partial charge in [-0.1, -0.05) is 50.0 Å². The number of rotatable bonds is 13. The average molecular weight is 499 g/mol. The number of carbonyl (C=O) groups is 4. The second-order valence-electron chi connectivity index (χ2n) is 9.28. The molecule has 9 heteroatoms. The van der Waals surface area contributed by atoms with Crippen LogP contribution in [-0.4, -0.2) is 53.4 Å². The molecule has 0 radical (unpaired) electrons. The Morgan fingerprint density at radius 3 is 2.44 bits per heavy atom. The first-order valence-electron chi connectivity index (χ1n) is 12.0. The highest BCUT2D eigenvalue weighted by Crippen LogP contribution is 2.26. The number of nitrogens with two attached hydrogens (primary N) is 1. The van der Waals surface area contributed by atoms with Gasteiger partial charge in [0.2, 0.25) is 17.7 Å². The number of primary amides is 1. The van der Waals surface area contributed by atoms with Crippen molar-refractivity contribution in [3.8, 4) is 12.3 Å². The van der Waals surface area contributed by atoms with E-state index >= 15 is 0 Å². The first-order valence-corrected chi connectivity index (χ1v) is 12.0. The Morgan fingerprint density at radius 1 is 1.22 bits per heavy atom. The second kappa shape index (κ2) is 14.6. The van der Waals surface area contributed by atoms with Crippen LogP contribution < -0.4 is 16.4 Å². The summed E-state index contributed by atoms with van der Waals surface area (Å²) in [6.07, 6.45) is 8.42. The number of terminal acetylenes is 1. The number of alkyl carbamates (subject to hydrolysis) is 1. The maximum absolute atomic E-state index is 13.7. The van der Waals surface area contributed by atoms with E-state index < -0.39 is 47.9 Å². The topological polar surface area (TPSA) is 131 Å². The molecule has 0 saturated heterocycles. The number of amides is 4. The minimum atomic E-state index is -1.37. The minimum absolute atomic E-state index is 0.0595. The van der Waals surface area contributed by atoms with Crippen LogP contribution in [0.25, 0.3) is 0 Å². The lowest BCUT2D eigenvalue weighted by Crippen LogP contribution is -2.54. The maximum Gasteiger partial charge on any atom is 0.408 e. The third kappa shape index (κ3) is 9.82. The van der Waals surface area contributed by atoms with Gasteiger partial charge < -0.3 is 26.0 Å². The lowest BCUT2D eigenvalue weighted by Gasteiger charge is -2.34. The van der Waals surface area contributed by atoms with Crippen molar-refractivity contribution in [3.63, 3.8) is 0 Å². The molecular weight excluding hydrogens is 460 g/mol. The van der Waals surface area contributed by atoms with Crippen molar-refractivity contribution in [2.45, 2.75) is 71.1 Å². The number of hydrogen-bond acceptors (Lipinski definition) is 5. The molecule has 1 rings (SSSR count). The predicted molar refractivity (Wildman–Crippen MR) is 139 cm³/mol. The van der Waals surface area contributed by atoms with Crippen molar-refractivity contribution in [2.24, 2.45) is 5.73 Å². The van der Waals surface area contributed by atoms with Gasteiger partial charge in [0.1, 0.15) is 17.7 Å². The Bertz CT molecular complexity index is 977. The van der Waals surface area contributed by atoms with E-state index in [1.807, 2.05) is 0 Å². The van der Waals surface area contributed by atoms with E-state index in [2.05, 4.69) is 30.1 Å². The molecule has 0 heterocycles. The highest BCUT2D eigenvalue weighted by Gasteiger charge is 2.37. The third-order valence-corrected chi connectivity index (χ3v) is 5.05. The van der Waals surface area contributed by atoms with Crippen LogP contribution in [0.1, 0.15) is 70.5 Å². The molecule has 2 unspecified atom stereocenters. The summed E-state index contributed by atoms with van der Waals surface area (Å²) >= 11 is 0. The molecule has 0 spiro atoms. The van der Waals surface area contributed by atoms with Crippen LogP contribution in [0.2, 0.25) is 0 Å². The van der Waals surface area contributed by atoms with Crippen molar-refractivity contribution in [1.82, 2.24) is 15.5 Å². The Balaban J connectivity index is 3.46. The van der Waals surface area contributed by atoms with E-state index in [-0.39, 0.29) is 6.54 Å². The molecular formula is C27H38N4O5. The number of nitrogens with zero attached hydrogens (tertiary/aromatic N) is 1. The number of ether oxygens (including phenoxy) is 1. The quantitative estimate of drug-likeness (QED) is 0.219. The molecule has 0 bridgehead atoms. The zero-order chi connectivity index (χ0) is 27.3. The largest absolute Gasteiger partial charge is 0.444 e. The summed E-state index contributed by atoms with van der Waals surface area (Å²) in [6, 6.07) is 4.27. The molecule has 0 aromatic heterocycles. The van der Waals surface area contributed by atoms with Crippen LogP contribution in [-0.2, 0) is 19.1 Å². The summed E-state index contributed by atoms with van der Waals surface area (Å²) in [4.78, 5) is 52.6. The molecule has 0 saturated carbocycles. The molecule has 4 N–H and O–H groups in total. The lowest BCUT2D eigenvalue weighted by atomic mass is 9.97. The number of unbranched alkanes of at least 4 members (excludes halogenated alkanes) is 2. The Kier molecular flexibility index (Phi) is 12.2. The lowest BCUT2D eigenvalue weighted by molar-refractivity contribution is -0.142. The fourth-order valence-corrected chi connectivity index (χ4v) is 3.51. The Hall–Kier alpha value is -3.80. The normalized spacial score (nSPS) is 12.4. The van der Waals surface area contributed by atoms with E-state index in [1.54, 1.807) is 45.0 Å². The monoisotopic (exact) mass is 498 g/mol. The number of hydrogen-bond donors (Lipinski definition) is 3. The summed E-state index contributed by atoms with van der Waals surface area (Å²) in [5.74, 6) is 0.589. The molecule has 196 valence electrons. The highest BCUT2D eigenvalue weighted by atomic mass is 16.6. The van der Waals surface area contributed by atoms with Crippen LogP contribution in [0.3, 0.4) is 0 Å². The summed E-state index contributed by atoms with van der Waals surface area (Å²) in [5, 5.41) is 5.29. The smallest absolute Gasteiger partial charge is 0.408 e. The molecule has 9 nitrogen and oxygen atoms in total. The zero-order valence-electron chi connectivity index (χ0n) is 21.6. The number of benzene rings is 1. The first-order chi connectivity index (χ1) is 16.9. The van der Waals surface area contributed by atoms with Crippen LogP contribution in [0.5, 0.6) is 0 Å². The van der Waals surface area contributed by atoms with Gasteiger partial charge in [0.05, 0.1) is 6.42 Å². The molecule has 1 aromatic carbocycles. The molecule has 0 aliphatic heterocycles. The SMILES string of the molecule is C#Cc1ccccc1C(C(=O)NCCCCC)N(CC=C)C(=O)C(CC(N)=O)NC(=O)OC(C)(C)C. The first kappa shape index (κ1) is 30.2. The van der Waals surface area contributed by atoms with Crippen LogP contribution in [0, 0.1) is 12.3 Å². The van der Waals surface area contributed by atoms with Gasteiger partial charge in [-0.05, 0) is 38.8 Å². The van der Waals surface area contributed by atoms with Gasteiger partial charge in [0.25, 0.3) is 0 Å². The maximum atomic E-state index is 13.7. The van der Waals surface area contributed by atoms with Gasteiger partial charge in [-0.2, -0.15) is 0 Å². The Morgan fingerprint density at radius 2 is 1.89 bits per heavy atom. The fourth-order valence-electron chi connectivity index (χ4n) is 3.51. The van der Waals surface area contributed by atoms with Gasteiger partial charge in [0.15, 0.2) is 0 Å². The third-order valence-electron chi connectivity index (χ3n) is 5.05. The molecule has 2 atom stereocenters. The van der Waals surface area contributed by atoms with Gasteiger partial charge in [-0.3, -0.25) is 14.4 Å². The molecule has 0 aliphatic carbocycles.